The zero-order chi connectivity index (χ0) is 17.6. The zero-order valence-corrected chi connectivity index (χ0v) is 15.5. The van der Waals surface area contributed by atoms with Gasteiger partial charge in [0, 0.05) is 46.6 Å². The van der Waals surface area contributed by atoms with Crippen molar-refractivity contribution in [2.24, 2.45) is 10.9 Å². The number of guanidine groups is 1. The Morgan fingerprint density at radius 2 is 1.84 bits per heavy atom. The fourth-order valence-electron chi connectivity index (χ4n) is 2.91. The predicted octanol–water partition coefficient (Wildman–Crippen LogP) is 2.62. The van der Waals surface area contributed by atoms with Crippen molar-refractivity contribution in [3.63, 3.8) is 0 Å². The molecule has 5 nitrogen and oxygen atoms in total. The van der Waals surface area contributed by atoms with Crippen molar-refractivity contribution in [3.8, 4) is 0 Å². The molecule has 0 aliphatic carbocycles. The van der Waals surface area contributed by atoms with Gasteiger partial charge in [0.25, 0.3) is 0 Å². The molecular weight excluding hydrogens is 314 g/mol. The lowest BCUT2D eigenvalue weighted by molar-refractivity contribution is 0.0203. The highest BCUT2D eigenvalue weighted by Crippen LogP contribution is 2.14. The van der Waals surface area contributed by atoms with Crippen LogP contribution in [0.25, 0.3) is 0 Å². The summed E-state index contributed by atoms with van der Waals surface area (Å²) in [5, 5.41) is 6.71. The maximum Gasteiger partial charge on any atom is 0.190 e. The molecule has 25 heavy (non-hydrogen) atoms. The molecule has 2 N–H and O–H groups in total. The normalized spacial score (nSPS) is 16.0. The van der Waals surface area contributed by atoms with Gasteiger partial charge in [-0.15, -0.1) is 0 Å². The molecule has 1 fully saturated rings. The molecule has 5 heteroatoms. The summed E-state index contributed by atoms with van der Waals surface area (Å²) in [5.41, 5.74) is 1.38. The number of benzene rings is 1. The quantitative estimate of drug-likeness (QED) is 0.388. The largest absolute Gasteiger partial charge is 0.381 e. The average Bonchev–Trinajstić information content (AvgIpc) is 2.67. The maximum atomic E-state index is 5.78. The van der Waals surface area contributed by atoms with Gasteiger partial charge in [-0.2, -0.15) is 0 Å². The second-order valence-electron chi connectivity index (χ2n) is 6.50. The first-order valence-corrected chi connectivity index (χ1v) is 9.52. The molecule has 0 bridgehead atoms. The Kier molecular flexibility index (Phi) is 10.0. The Morgan fingerprint density at radius 3 is 2.56 bits per heavy atom. The summed E-state index contributed by atoms with van der Waals surface area (Å²) in [6, 6.07) is 10.6. The molecule has 0 amide bonds. The van der Waals surface area contributed by atoms with E-state index >= 15 is 0 Å². The van der Waals surface area contributed by atoms with Crippen molar-refractivity contribution in [1.82, 2.24) is 10.6 Å². The Hall–Kier alpha value is -1.59. The van der Waals surface area contributed by atoms with Gasteiger partial charge in [0.05, 0.1) is 0 Å². The highest BCUT2D eigenvalue weighted by Gasteiger charge is 2.13. The molecule has 2 rings (SSSR count). The second kappa shape index (κ2) is 12.7. The standard InChI is InChI=1S/C20H33N3O2/c1-21-20(22-12-5-9-18-7-3-2-4-8-18)23-13-6-14-25-17-19-10-15-24-16-11-19/h2-4,7-8,19H,5-6,9-17H2,1H3,(H2,21,22,23). The number of rotatable bonds is 10. The SMILES string of the molecule is CN=C(NCCCOCC1CCOCC1)NCCCc1ccccc1. The van der Waals surface area contributed by atoms with E-state index in [0.717, 1.165) is 77.6 Å². The number of nitrogens with zero attached hydrogens (tertiary/aromatic N) is 1. The van der Waals surface area contributed by atoms with E-state index < -0.39 is 0 Å². The van der Waals surface area contributed by atoms with Gasteiger partial charge in [-0.25, -0.2) is 0 Å². The third-order valence-corrected chi connectivity index (χ3v) is 4.45. The van der Waals surface area contributed by atoms with Gasteiger partial charge in [0.2, 0.25) is 0 Å². The number of hydrogen-bond acceptors (Lipinski definition) is 3. The summed E-state index contributed by atoms with van der Waals surface area (Å²) >= 11 is 0. The summed E-state index contributed by atoms with van der Waals surface area (Å²) in [6.07, 6.45) is 5.45. The molecule has 1 aromatic carbocycles. The third-order valence-electron chi connectivity index (χ3n) is 4.45. The Morgan fingerprint density at radius 1 is 1.12 bits per heavy atom. The average molecular weight is 348 g/mol. The Labute approximate surface area is 152 Å². The first-order valence-electron chi connectivity index (χ1n) is 9.52. The van der Waals surface area contributed by atoms with Gasteiger partial charge in [0.15, 0.2) is 5.96 Å². The fourth-order valence-corrected chi connectivity index (χ4v) is 2.91. The predicted molar refractivity (Wildman–Crippen MR) is 103 cm³/mol. The zero-order valence-electron chi connectivity index (χ0n) is 15.5. The number of aliphatic imine (C=N–C) groups is 1. The van der Waals surface area contributed by atoms with E-state index in [2.05, 4.69) is 46.0 Å². The number of ether oxygens (including phenoxy) is 2. The van der Waals surface area contributed by atoms with Gasteiger partial charge in [-0.1, -0.05) is 30.3 Å². The highest BCUT2D eigenvalue weighted by molar-refractivity contribution is 5.79. The van der Waals surface area contributed by atoms with Crippen LogP contribution in [-0.2, 0) is 15.9 Å². The van der Waals surface area contributed by atoms with E-state index in [0.29, 0.717) is 5.92 Å². The lowest BCUT2D eigenvalue weighted by Crippen LogP contribution is -2.38. The minimum atomic E-state index is 0.681. The van der Waals surface area contributed by atoms with E-state index in [9.17, 15) is 0 Å². The van der Waals surface area contributed by atoms with Crippen molar-refractivity contribution in [2.75, 3.05) is 46.6 Å². The minimum Gasteiger partial charge on any atom is -0.381 e. The van der Waals surface area contributed by atoms with Crippen molar-refractivity contribution in [2.45, 2.75) is 32.1 Å². The van der Waals surface area contributed by atoms with Crippen LogP contribution in [0, 0.1) is 5.92 Å². The van der Waals surface area contributed by atoms with E-state index in [4.69, 9.17) is 9.47 Å². The number of nitrogens with one attached hydrogen (secondary N) is 2. The molecule has 1 aliphatic heterocycles. The molecule has 1 aromatic rings. The maximum absolute atomic E-state index is 5.78. The van der Waals surface area contributed by atoms with Crippen LogP contribution < -0.4 is 10.6 Å². The molecule has 0 radical (unpaired) electrons. The van der Waals surface area contributed by atoms with E-state index in [1.54, 1.807) is 0 Å². The molecule has 0 aromatic heterocycles. The summed E-state index contributed by atoms with van der Waals surface area (Å²) in [6.45, 7) is 5.26. The summed E-state index contributed by atoms with van der Waals surface area (Å²) < 4.78 is 11.1. The minimum absolute atomic E-state index is 0.681. The van der Waals surface area contributed by atoms with Crippen molar-refractivity contribution >= 4 is 5.96 Å². The van der Waals surface area contributed by atoms with Crippen LogP contribution in [0.5, 0.6) is 0 Å². The Balaban J connectivity index is 1.44. The van der Waals surface area contributed by atoms with Crippen molar-refractivity contribution < 1.29 is 9.47 Å². The third kappa shape index (κ3) is 8.89. The van der Waals surface area contributed by atoms with E-state index in [1.165, 1.54) is 5.56 Å². The second-order valence-corrected chi connectivity index (χ2v) is 6.50. The molecule has 140 valence electrons. The first-order chi connectivity index (χ1) is 12.4. The summed E-state index contributed by atoms with van der Waals surface area (Å²) in [5.74, 6) is 1.55. The van der Waals surface area contributed by atoms with E-state index in [1.807, 2.05) is 7.05 Å². The molecule has 0 atom stereocenters. The van der Waals surface area contributed by atoms with E-state index in [-0.39, 0.29) is 0 Å². The molecule has 1 aliphatic rings. The lowest BCUT2D eigenvalue weighted by Gasteiger charge is -2.21. The van der Waals surface area contributed by atoms with Gasteiger partial charge in [-0.3, -0.25) is 4.99 Å². The molecular formula is C20H33N3O2. The van der Waals surface area contributed by atoms with Crippen molar-refractivity contribution in [1.29, 1.82) is 0 Å². The lowest BCUT2D eigenvalue weighted by atomic mass is 10.0. The number of aryl methyl sites for hydroxylation is 1. The van der Waals surface area contributed by atoms with Crippen LogP contribution >= 0.6 is 0 Å². The highest BCUT2D eigenvalue weighted by atomic mass is 16.5. The van der Waals surface area contributed by atoms with Crippen LogP contribution in [0.3, 0.4) is 0 Å². The molecule has 1 heterocycles. The van der Waals surface area contributed by atoms with Crippen LogP contribution in [-0.4, -0.2) is 52.5 Å². The summed E-state index contributed by atoms with van der Waals surface area (Å²) in [7, 11) is 1.81. The molecule has 0 spiro atoms. The van der Waals surface area contributed by atoms with Crippen LogP contribution in [0.2, 0.25) is 0 Å². The molecule has 0 saturated carbocycles. The van der Waals surface area contributed by atoms with Crippen LogP contribution in [0.15, 0.2) is 35.3 Å². The van der Waals surface area contributed by atoms with Gasteiger partial charge < -0.3 is 20.1 Å². The smallest absolute Gasteiger partial charge is 0.190 e. The van der Waals surface area contributed by atoms with Gasteiger partial charge >= 0.3 is 0 Å². The fraction of sp³-hybridized carbons (Fsp3) is 0.650. The summed E-state index contributed by atoms with van der Waals surface area (Å²) in [4.78, 5) is 4.26. The Bertz CT molecular complexity index is 473. The first kappa shape index (κ1) is 19.7. The van der Waals surface area contributed by atoms with Crippen LogP contribution in [0.4, 0.5) is 0 Å². The van der Waals surface area contributed by atoms with Crippen LogP contribution in [0.1, 0.15) is 31.2 Å². The van der Waals surface area contributed by atoms with Gasteiger partial charge in [0.1, 0.15) is 0 Å². The molecule has 0 unspecified atom stereocenters. The number of hydrogen-bond donors (Lipinski definition) is 2. The molecule has 1 saturated heterocycles. The topological polar surface area (TPSA) is 54.9 Å². The monoisotopic (exact) mass is 347 g/mol. The van der Waals surface area contributed by atoms with Gasteiger partial charge in [-0.05, 0) is 43.6 Å². The van der Waals surface area contributed by atoms with Crippen molar-refractivity contribution in [3.05, 3.63) is 35.9 Å².